The monoisotopic (exact) mass is 380 g/mol. The molecule has 1 aromatic heterocycles. The first-order valence-corrected chi connectivity index (χ1v) is 9.46. The molecule has 1 heterocycles. The van der Waals surface area contributed by atoms with E-state index in [-0.39, 0.29) is 18.0 Å². The van der Waals surface area contributed by atoms with Crippen LogP contribution in [0.5, 0.6) is 0 Å². The van der Waals surface area contributed by atoms with Crippen LogP contribution in [0.25, 0.3) is 11.0 Å². The number of carbonyl (C=O) groups is 1. The van der Waals surface area contributed by atoms with E-state index >= 15 is 0 Å². The zero-order valence-electron chi connectivity index (χ0n) is 16.2. The van der Waals surface area contributed by atoms with Crippen LogP contribution < -0.4 is 0 Å². The van der Waals surface area contributed by atoms with Crippen LogP contribution >= 0.6 is 0 Å². The first kappa shape index (κ1) is 19.6. The van der Waals surface area contributed by atoms with Gasteiger partial charge in [-0.05, 0) is 18.1 Å². The molecular formula is C22H24N2O4. The number of fused-ring (bicyclic) bond motifs is 1. The summed E-state index contributed by atoms with van der Waals surface area (Å²) in [6, 6.07) is 14.0. The second kappa shape index (κ2) is 8.69. The molecule has 0 saturated carbocycles. The minimum atomic E-state index is -0.445. The fourth-order valence-corrected chi connectivity index (χ4v) is 3.23. The molecule has 0 N–H and O–H groups in total. The summed E-state index contributed by atoms with van der Waals surface area (Å²) in [6.07, 6.45) is 3.16. The molecule has 0 spiro atoms. The first-order valence-electron chi connectivity index (χ1n) is 9.46. The van der Waals surface area contributed by atoms with Crippen molar-refractivity contribution in [2.24, 2.45) is 0 Å². The van der Waals surface area contributed by atoms with Crippen LogP contribution in [-0.2, 0) is 24.2 Å². The molecule has 6 heteroatoms. The SMILES string of the molecule is CCCCc1oc2ccccc2c1CN(C)C(=O)Cc1ccc([N+](=O)[O-])cc1. The number of benzene rings is 2. The molecule has 0 aliphatic carbocycles. The molecule has 3 aromatic rings. The largest absolute Gasteiger partial charge is 0.461 e. The van der Waals surface area contributed by atoms with Crippen molar-refractivity contribution >= 4 is 22.6 Å². The maximum Gasteiger partial charge on any atom is 0.269 e. The third-order valence-corrected chi connectivity index (χ3v) is 4.86. The molecule has 146 valence electrons. The summed E-state index contributed by atoms with van der Waals surface area (Å²) < 4.78 is 6.03. The Morgan fingerprint density at radius 2 is 1.86 bits per heavy atom. The number of amides is 1. The van der Waals surface area contributed by atoms with Gasteiger partial charge < -0.3 is 9.32 Å². The number of nitro benzene ring substituents is 1. The van der Waals surface area contributed by atoms with E-state index in [0.29, 0.717) is 6.54 Å². The van der Waals surface area contributed by atoms with Crippen molar-refractivity contribution in [3.63, 3.8) is 0 Å². The Balaban J connectivity index is 1.75. The van der Waals surface area contributed by atoms with E-state index in [9.17, 15) is 14.9 Å². The lowest BCUT2D eigenvalue weighted by Crippen LogP contribution is -2.28. The number of non-ortho nitro benzene ring substituents is 1. The summed E-state index contributed by atoms with van der Waals surface area (Å²) in [7, 11) is 1.78. The zero-order chi connectivity index (χ0) is 20.1. The zero-order valence-corrected chi connectivity index (χ0v) is 16.2. The van der Waals surface area contributed by atoms with Crippen LogP contribution in [0.3, 0.4) is 0 Å². The minimum absolute atomic E-state index is 0.0231. The third-order valence-electron chi connectivity index (χ3n) is 4.86. The normalized spacial score (nSPS) is 10.9. The van der Waals surface area contributed by atoms with Crippen molar-refractivity contribution in [3.8, 4) is 0 Å². The Bertz CT molecular complexity index is 976. The van der Waals surface area contributed by atoms with Crippen molar-refractivity contribution in [2.45, 2.75) is 39.2 Å². The summed E-state index contributed by atoms with van der Waals surface area (Å²) in [5.74, 6) is 0.901. The number of unbranched alkanes of at least 4 members (excludes halogenated alkanes) is 1. The van der Waals surface area contributed by atoms with Gasteiger partial charge in [0.2, 0.25) is 5.91 Å². The summed E-state index contributed by atoms with van der Waals surface area (Å²) in [5, 5.41) is 11.8. The van der Waals surface area contributed by atoms with Gasteiger partial charge in [0.05, 0.1) is 11.3 Å². The Labute approximate surface area is 163 Å². The average Bonchev–Trinajstić information content (AvgIpc) is 3.04. The van der Waals surface area contributed by atoms with Gasteiger partial charge in [0, 0.05) is 43.1 Å². The Kier molecular flexibility index (Phi) is 6.09. The van der Waals surface area contributed by atoms with Gasteiger partial charge in [-0.2, -0.15) is 0 Å². The van der Waals surface area contributed by atoms with Gasteiger partial charge >= 0.3 is 0 Å². The van der Waals surface area contributed by atoms with Crippen molar-refractivity contribution < 1.29 is 14.1 Å². The Morgan fingerprint density at radius 1 is 1.14 bits per heavy atom. The molecule has 0 aliphatic heterocycles. The molecule has 3 rings (SSSR count). The van der Waals surface area contributed by atoms with Gasteiger partial charge in [-0.3, -0.25) is 14.9 Å². The number of hydrogen-bond acceptors (Lipinski definition) is 4. The van der Waals surface area contributed by atoms with Crippen molar-refractivity contribution in [2.75, 3.05) is 7.05 Å². The molecule has 0 bridgehead atoms. The molecule has 6 nitrogen and oxygen atoms in total. The molecule has 28 heavy (non-hydrogen) atoms. The molecule has 2 aromatic carbocycles. The summed E-state index contributed by atoms with van der Waals surface area (Å²) in [6.45, 7) is 2.62. The highest BCUT2D eigenvalue weighted by atomic mass is 16.6. The van der Waals surface area contributed by atoms with Crippen LogP contribution in [0.15, 0.2) is 52.9 Å². The molecule has 0 fully saturated rings. The van der Waals surface area contributed by atoms with Crippen molar-refractivity contribution in [3.05, 3.63) is 75.5 Å². The predicted molar refractivity (Wildman–Crippen MR) is 108 cm³/mol. The summed E-state index contributed by atoms with van der Waals surface area (Å²) in [5.41, 5.74) is 2.68. The molecule has 0 atom stereocenters. The van der Waals surface area contributed by atoms with E-state index in [1.807, 2.05) is 24.3 Å². The smallest absolute Gasteiger partial charge is 0.269 e. The van der Waals surface area contributed by atoms with E-state index in [4.69, 9.17) is 4.42 Å². The fourth-order valence-electron chi connectivity index (χ4n) is 3.23. The molecule has 0 unspecified atom stereocenters. The van der Waals surface area contributed by atoms with Crippen molar-refractivity contribution in [1.82, 2.24) is 4.90 Å². The molecule has 0 saturated heterocycles. The number of carbonyl (C=O) groups excluding carboxylic acids is 1. The average molecular weight is 380 g/mol. The number of aryl methyl sites for hydroxylation is 1. The van der Waals surface area contributed by atoms with E-state index in [0.717, 1.165) is 47.1 Å². The van der Waals surface area contributed by atoms with Crippen LogP contribution in [0, 0.1) is 10.1 Å². The maximum absolute atomic E-state index is 12.7. The number of furan rings is 1. The maximum atomic E-state index is 12.7. The number of likely N-dealkylation sites (N-methyl/N-ethyl adjacent to an activating group) is 1. The molecular weight excluding hydrogens is 356 g/mol. The van der Waals surface area contributed by atoms with Crippen LogP contribution in [0.2, 0.25) is 0 Å². The lowest BCUT2D eigenvalue weighted by atomic mass is 10.1. The molecule has 0 aliphatic rings. The van der Waals surface area contributed by atoms with Gasteiger partial charge in [-0.15, -0.1) is 0 Å². The number of rotatable bonds is 8. The number of para-hydroxylation sites is 1. The van der Waals surface area contributed by atoms with Crippen molar-refractivity contribution in [1.29, 1.82) is 0 Å². The highest BCUT2D eigenvalue weighted by Crippen LogP contribution is 2.28. The topological polar surface area (TPSA) is 76.6 Å². The van der Waals surface area contributed by atoms with E-state index < -0.39 is 4.92 Å². The fraction of sp³-hybridized carbons (Fsp3) is 0.318. The molecule has 0 radical (unpaired) electrons. The number of hydrogen-bond donors (Lipinski definition) is 0. The van der Waals surface area contributed by atoms with Crippen LogP contribution in [-0.4, -0.2) is 22.8 Å². The summed E-state index contributed by atoms with van der Waals surface area (Å²) >= 11 is 0. The number of nitro groups is 1. The van der Waals surface area contributed by atoms with Gasteiger partial charge in [0.25, 0.3) is 5.69 Å². The van der Waals surface area contributed by atoms with E-state index in [1.54, 1.807) is 24.1 Å². The van der Waals surface area contributed by atoms with Gasteiger partial charge in [0.1, 0.15) is 11.3 Å². The lowest BCUT2D eigenvalue weighted by molar-refractivity contribution is -0.384. The quantitative estimate of drug-likeness (QED) is 0.412. The highest BCUT2D eigenvalue weighted by Gasteiger charge is 2.18. The Hall–Kier alpha value is -3.15. The second-order valence-electron chi connectivity index (χ2n) is 6.95. The van der Waals surface area contributed by atoms with E-state index in [1.165, 1.54) is 12.1 Å². The lowest BCUT2D eigenvalue weighted by Gasteiger charge is -2.17. The van der Waals surface area contributed by atoms with Crippen LogP contribution in [0.1, 0.15) is 36.7 Å². The summed E-state index contributed by atoms with van der Waals surface area (Å²) in [4.78, 5) is 24.7. The Morgan fingerprint density at radius 3 is 2.54 bits per heavy atom. The van der Waals surface area contributed by atoms with Gasteiger partial charge in [0.15, 0.2) is 0 Å². The first-order chi connectivity index (χ1) is 13.5. The van der Waals surface area contributed by atoms with Gasteiger partial charge in [-0.25, -0.2) is 0 Å². The highest BCUT2D eigenvalue weighted by molar-refractivity contribution is 5.83. The third kappa shape index (κ3) is 4.39. The van der Waals surface area contributed by atoms with Crippen LogP contribution in [0.4, 0.5) is 5.69 Å². The van der Waals surface area contributed by atoms with Gasteiger partial charge in [-0.1, -0.05) is 43.7 Å². The minimum Gasteiger partial charge on any atom is -0.461 e. The predicted octanol–water partition coefficient (Wildman–Crippen LogP) is 4.88. The molecule has 1 amide bonds. The standard InChI is InChI=1S/C22H24N2O4/c1-3-4-8-21-19(18-7-5-6-9-20(18)28-21)15-23(2)22(25)14-16-10-12-17(13-11-16)24(26)27/h5-7,9-13H,3-4,8,14-15H2,1-2H3. The number of nitrogens with zero attached hydrogens (tertiary/aromatic N) is 2. The second-order valence-corrected chi connectivity index (χ2v) is 6.95. The van der Waals surface area contributed by atoms with E-state index in [2.05, 4.69) is 6.92 Å².